The fourth-order valence-corrected chi connectivity index (χ4v) is 3.76. The number of anilines is 1. The summed E-state index contributed by atoms with van der Waals surface area (Å²) in [5.74, 6) is 0.249. The van der Waals surface area contributed by atoms with E-state index in [9.17, 15) is 14.7 Å². The molecule has 2 amide bonds. The summed E-state index contributed by atoms with van der Waals surface area (Å²) in [6.07, 6.45) is 2.85. The van der Waals surface area contributed by atoms with Crippen LogP contribution in [0.5, 0.6) is 0 Å². The predicted octanol–water partition coefficient (Wildman–Crippen LogP) is 0.193. The maximum Gasteiger partial charge on any atom is 0.315 e. The molecule has 21 heavy (non-hydrogen) atoms. The van der Waals surface area contributed by atoms with Crippen LogP contribution in [-0.2, 0) is 9.59 Å². The molecule has 2 atom stereocenters. The van der Waals surface area contributed by atoms with Gasteiger partial charge in [-0.15, -0.1) is 0 Å². The molecule has 2 aliphatic carbocycles. The fraction of sp³-hybridized carbons (Fsp3) is 0.692. The number of aliphatic hydroxyl groups is 1. The molecule has 112 valence electrons. The van der Waals surface area contributed by atoms with Gasteiger partial charge in [0.15, 0.2) is 0 Å². The van der Waals surface area contributed by atoms with E-state index < -0.39 is 11.8 Å². The van der Waals surface area contributed by atoms with Gasteiger partial charge >= 0.3 is 11.8 Å². The SMILES string of the molecule is O=C(Nc1nc(C2CC2)ns1)C(=O)N1CC2CC(C1)C2O. The summed E-state index contributed by atoms with van der Waals surface area (Å²) in [4.78, 5) is 29.9. The van der Waals surface area contributed by atoms with Gasteiger partial charge in [-0.1, -0.05) is 0 Å². The second-order valence-corrected chi connectivity index (χ2v) is 6.89. The van der Waals surface area contributed by atoms with Crippen molar-refractivity contribution in [1.29, 1.82) is 0 Å². The highest BCUT2D eigenvalue weighted by Crippen LogP contribution is 2.40. The number of aromatic nitrogens is 2. The minimum atomic E-state index is -0.663. The van der Waals surface area contributed by atoms with Crippen LogP contribution >= 0.6 is 11.5 Å². The average Bonchev–Trinajstić information content (AvgIpc) is 3.26. The van der Waals surface area contributed by atoms with Crippen LogP contribution in [0, 0.1) is 11.8 Å². The summed E-state index contributed by atoms with van der Waals surface area (Å²) in [7, 11) is 0. The Balaban J connectivity index is 1.36. The van der Waals surface area contributed by atoms with Crippen molar-refractivity contribution in [3.63, 3.8) is 0 Å². The van der Waals surface area contributed by atoms with Gasteiger partial charge in [0.05, 0.1) is 6.10 Å². The van der Waals surface area contributed by atoms with Crippen LogP contribution in [0.4, 0.5) is 5.13 Å². The number of carbonyl (C=O) groups is 2. The van der Waals surface area contributed by atoms with Gasteiger partial charge in [0.2, 0.25) is 5.13 Å². The van der Waals surface area contributed by atoms with Crippen molar-refractivity contribution in [3.05, 3.63) is 5.82 Å². The average molecular weight is 308 g/mol. The summed E-state index contributed by atoms with van der Waals surface area (Å²) in [5, 5.41) is 12.6. The molecule has 4 aliphatic rings. The molecule has 2 N–H and O–H groups in total. The first kappa shape index (κ1) is 13.1. The summed E-state index contributed by atoms with van der Waals surface area (Å²) < 4.78 is 4.19. The highest BCUT2D eigenvalue weighted by Gasteiger charge is 2.47. The number of hydrogen-bond acceptors (Lipinski definition) is 6. The molecule has 5 rings (SSSR count). The lowest BCUT2D eigenvalue weighted by Gasteiger charge is -2.50. The highest BCUT2D eigenvalue weighted by atomic mass is 32.1. The Kier molecular flexibility index (Phi) is 2.97. The van der Waals surface area contributed by atoms with Crippen LogP contribution in [0.25, 0.3) is 0 Å². The molecule has 2 aliphatic heterocycles. The van der Waals surface area contributed by atoms with E-state index >= 15 is 0 Å². The third-order valence-corrected chi connectivity index (χ3v) is 5.21. The van der Waals surface area contributed by atoms with E-state index in [1.165, 1.54) is 4.90 Å². The van der Waals surface area contributed by atoms with E-state index in [2.05, 4.69) is 14.7 Å². The minimum absolute atomic E-state index is 0.128. The predicted molar refractivity (Wildman–Crippen MR) is 74.7 cm³/mol. The topological polar surface area (TPSA) is 95.4 Å². The second kappa shape index (κ2) is 4.74. The van der Waals surface area contributed by atoms with Gasteiger partial charge in [0.25, 0.3) is 0 Å². The van der Waals surface area contributed by atoms with Crippen molar-refractivity contribution in [1.82, 2.24) is 14.3 Å². The van der Waals surface area contributed by atoms with Crippen LogP contribution in [0.15, 0.2) is 0 Å². The largest absolute Gasteiger partial charge is 0.392 e. The maximum atomic E-state index is 12.1. The molecule has 1 aromatic heterocycles. The quantitative estimate of drug-likeness (QED) is 0.761. The smallest absolute Gasteiger partial charge is 0.315 e. The molecule has 0 spiro atoms. The molecule has 4 fully saturated rings. The molecular formula is C13H16N4O3S. The zero-order chi connectivity index (χ0) is 14.6. The van der Waals surface area contributed by atoms with Gasteiger partial charge in [0.1, 0.15) is 5.82 Å². The van der Waals surface area contributed by atoms with Crippen LogP contribution in [-0.4, -0.2) is 50.4 Å². The third kappa shape index (κ3) is 2.32. The Morgan fingerprint density at radius 3 is 2.62 bits per heavy atom. The Morgan fingerprint density at radius 1 is 1.29 bits per heavy atom. The van der Waals surface area contributed by atoms with Crippen molar-refractivity contribution in [3.8, 4) is 0 Å². The Labute approximate surface area is 125 Å². The summed E-state index contributed by atoms with van der Waals surface area (Å²) >= 11 is 1.12. The van der Waals surface area contributed by atoms with E-state index in [0.29, 0.717) is 24.1 Å². The molecule has 2 bridgehead atoms. The van der Waals surface area contributed by atoms with Gasteiger partial charge in [-0.2, -0.15) is 4.37 Å². The molecular weight excluding hydrogens is 292 g/mol. The Bertz CT molecular complexity index is 588. The summed E-state index contributed by atoms with van der Waals surface area (Å²) in [6.45, 7) is 0.931. The number of aliphatic hydroxyl groups excluding tert-OH is 1. The van der Waals surface area contributed by atoms with Crippen molar-refractivity contribution in [2.24, 2.45) is 11.8 Å². The van der Waals surface area contributed by atoms with Crippen molar-refractivity contribution < 1.29 is 14.7 Å². The fourth-order valence-electron chi connectivity index (χ4n) is 3.12. The summed E-state index contributed by atoms with van der Waals surface area (Å²) in [5.41, 5.74) is 0. The third-order valence-electron chi connectivity index (χ3n) is 4.57. The monoisotopic (exact) mass is 308 g/mol. The van der Waals surface area contributed by atoms with Gasteiger partial charge in [-0.05, 0) is 19.3 Å². The van der Waals surface area contributed by atoms with Gasteiger partial charge in [-0.3, -0.25) is 14.9 Å². The number of fused-ring (bicyclic) bond motifs is 2. The standard InChI is InChI=1S/C13H16N4O3S/c18-9-7-3-8(9)5-17(4-7)12(20)11(19)15-13-14-10(16-21-13)6-1-2-6/h6-9,18H,1-5H2,(H,14,15,16,19). The zero-order valence-corrected chi connectivity index (χ0v) is 12.2. The molecule has 0 radical (unpaired) electrons. The van der Waals surface area contributed by atoms with E-state index in [0.717, 1.165) is 36.6 Å². The number of carbonyl (C=O) groups excluding carboxylic acids is 2. The van der Waals surface area contributed by atoms with Crippen molar-refractivity contribution in [2.45, 2.75) is 31.3 Å². The number of nitrogens with zero attached hydrogens (tertiary/aromatic N) is 3. The van der Waals surface area contributed by atoms with Crippen LogP contribution < -0.4 is 5.32 Å². The minimum Gasteiger partial charge on any atom is -0.392 e. The lowest BCUT2D eigenvalue weighted by atomic mass is 9.68. The first-order valence-electron chi connectivity index (χ1n) is 7.23. The zero-order valence-electron chi connectivity index (χ0n) is 11.4. The number of hydrogen-bond donors (Lipinski definition) is 2. The van der Waals surface area contributed by atoms with E-state index in [1.807, 2.05) is 0 Å². The first-order chi connectivity index (χ1) is 10.1. The van der Waals surface area contributed by atoms with Gasteiger partial charge in [0, 0.05) is 42.4 Å². The molecule has 7 nitrogen and oxygen atoms in total. The molecule has 0 aromatic carbocycles. The molecule has 2 unspecified atom stereocenters. The van der Waals surface area contributed by atoms with Crippen LogP contribution in [0.3, 0.4) is 0 Å². The first-order valence-corrected chi connectivity index (χ1v) is 8.01. The number of piperidine rings is 2. The summed E-state index contributed by atoms with van der Waals surface area (Å²) in [6, 6.07) is 0. The lowest BCUT2D eigenvalue weighted by Crippen LogP contribution is -2.60. The Morgan fingerprint density at radius 2 is 2.00 bits per heavy atom. The number of amides is 2. The Hall–Kier alpha value is -1.54. The lowest BCUT2D eigenvalue weighted by molar-refractivity contribution is -0.156. The van der Waals surface area contributed by atoms with E-state index in [4.69, 9.17) is 0 Å². The number of rotatable bonds is 2. The van der Waals surface area contributed by atoms with Crippen LogP contribution in [0.1, 0.15) is 31.0 Å². The van der Waals surface area contributed by atoms with Gasteiger partial charge in [-0.25, -0.2) is 4.98 Å². The van der Waals surface area contributed by atoms with Crippen LogP contribution in [0.2, 0.25) is 0 Å². The molecule has 2 saturated carbocycles. The number of nitrogens with one attached hydrogen (secondary N) is 1. The molecule has 8 heteroatoms. The maximum absolute atomic E-state index is 12.1. The van der Waals surface area contributed by atoms with Crippen molar-refractivity contribution >= 4 is 28.5 Å². The normalized spacial score (nSPS) is 30.7. The molecule has 2 saturated heterocycles. The van der Waals surface area contributed by atoms with Gasteiger partial charge < -0.3 is 10.0 Å². The molecule has 3 heterocycles. The molecule has 1 aromatic rings. The van der Waals surface area contributed by atoms with E-state index in [-0.39, 0.29) is 17.9 Å². The van der Waals surface area contributed by atoms with E-state index in [1.54, 1.807) is 0 Å². The second-order valence-electron chi connectivity index (χ2n) is 6.14. The van der Waals surface area contributed by atoms with Crippen molar-refractivity contribution in [2.75, 3.05) is 18.4 Å². The highest BCUT2D eigenvalue weighted by molar-refractivity contribution is 7.10.